The SMILES string of the molecule is CCCCCCCCCC(C(=O)[O-])[N+](C)(C)C. The van der Waals surface area contributed by atoms with Crippen LogP contribution >= 0.6 is 0 Å². The predicted molar refractivity (Wildman–Crippen MR) is 69.4 cm³/mol. The molecule has 0 amide bonds. The van der Waals surface area contributed by atoms with Gasteiger partial charge in [-0.25, -0.2) is 0 Å². The molecule has 0 saturated heterocycles. The molecule has 0 aromatic rings. The van der Waals surface area contributed by atoms with Gasteiger partial charge in [0, 0.05) is 6.42 Å². The number of carboxylic acid groups (broad SMARTS) is 1. The molecule has 0 heterocycles. The molecular formula is C14H29NO2. The average Bonchev–Trinajstić information content (AvgIpc) is 2.19. The van der Waals surface area contributed by atoms with E-state index in [0.29, 0.717) is 4.48 Å². The van der Waals surface area contributed by atoms with E-state index in [9.17, 15) is 9.90 Å². The summed E-state index contributed by atoms with van der Waals surface area (Å²) in [6, 6.07) is -0.370. The fourth-order valence-electron chi connectivity index (χ4n) is 2.12. The molecule has 3 heteroatoms. The first-order chi connectivity index (χ1) is 7.89. The van der Waals surface area contributed by atoms with E-state index in [0.717, 1.165) is 19.3 Å². The summed E-state index contributed by atoms with van der Waals surface area (Å²) in [4.78, 5) is 11.0. The molecule has 0 saturated carbocycles. The molecule has 0 N–H and O–H groups in total. The number of nitrogens with zero attached hydrogens (tertiary/aromatic N) is 1. The zero-order valence-electron chi connectivity index (χ0n) is 12.0. The Kier molecular flexibility index (Phi) is 8.23. The summed E-state index contributed by atoms with van der Waals surface area (Å²) in [7, 11) is 5.76. The normalized spacial score (nSPS) is 13.6. The van der Waals surface area contributed by atoms with E-state index in [1.165, 1.54) is 32.1 Å². The molecule has 0 spiro atoms. The highest BCUT2D eigenvalue weighted by molar-refractivity contribution is 5.69. The van der Waals surface area contributed by atoms with Crippen LogP contribution in [0.3, 0.4) is 0 Å². The zero-order valence-corrected chi connectivity index (χ0v) is 12.0. The Bertz CT molecular complexity index is 209. The van der Waals surface area contributed by atoms with Gasteiger partial charge >= 0.3 is 0 Å². The van der Waals surface area contributed by atoms with Gasteiger partial charge in [0.05, 0.1) is 27.1 Å². The van der Waals surface area contributed by atoms with Crippen molar-refractivity contribution in [2.75, 3.05) is 21.1 Å². The number of unbranched alkanes of at least 4 members (excludes halogenated alkanes) is 6. The number of hydrogen-bond acceptors (Lipinski definition) is 2. The predicted octanol–water partition coefficient (Wildman–Crippen LogP) is 1.95. The van der Waals surface area contributed by atoms with Crippen molar-refractivity contribution in [2.45, 2.75) is 64.3 Å². The minimum atomic E-state index is -0.913. The minimum absolute atomic E-state index is 0.370. The number of rotatable bonds is 10. The molecular weight excluding hydrogens is 214 g/mol. The number of carbonyl (C=O) groups is 1. The van der Waals surface area contributed by atoms with Gasteiger partial charge in [0.1, 0.15) is 6.04 Å². The van der Waals surface area contributed by atoms with Crippen LogP contribution < -0.4 is 5.11 Å². The summed E-state index contributed by atoms with van der Waals surface area (Å²) in [5.74, 6) is -0.913. The van der Waals surface area contributed by atoms with Crippen LogP contribution in [0.25, 0.3) is 0 Å². The maximum Gasteiger partial charge on any atom is 0.129 e. The van der Waals surface area contributed by atoms with E-state index in [1.54, 1.807) is 0 Å². The van der Waals surface area contributed by atoms with Crippen LogP contribution in [0.4, 0.5) is 0 Å². The Morgan fingerprint density at radius 2 is 1.47 bits per heavy atom. The molecule has 1 unspecified atom stereocenters. The fraction of sp³-hybridized carbons (Fsp3) is 0.929. The number of quaternary nitrogens is 1. The van der Waals surface area contributed by atoms with Crippen molar-refractivity contribution in [3.8, 4) is 0 Å². The second-order valence-electron chi connectivity index (χ2n) is 5.86. The van der Waals surface area contributed by atoms with Gasteiger partial charge in [0.25, 0.3) is 0 Å². The third-order valence-corrected chi connectivity index (χ3v) is 3.29. The van der Waals surface area contributed by atoms with Crippen molar-refractivity contribution in [1.29, 1.82) is 0 Å². The van der Waals surface area contributed by atoms with E-state index < -0.39 is 5.97 Å². The third kappa shape index (κ3) is 8.19. The summed E-state index contributed by atoms with van der Waals surface area (Å²) in [5.41, 5.74) is 0. The number of likely N-dealkylation sites (N-methyl/N-ethyl adjacent to an activating group) is 1. The van der Waals surface area contributed by atoms with Crippen molar-refractivity contribution in [3.05, 3.63) is 0 Å². The zero-order chi connectivity index (χ0) is 13.3. The topological polar surface area (TPSA) is 40.1 Å². The third-order valence-electron chi connectivity index (χ3n) is 3.29. The van der Waals surface area contributed by atoms with E-state index in [2.05, 4.69) is 6.92 Å². The lowest BCUT2D eigenvalue weighted by Gasteiger charge is -2.34. The summed E-state index contributed by atoms with van der Waals surface area (Å²) in [6.45, 7) is 2.21. The molecule has 102 valence electrons. The maximum absolute atomic E-state index is 11.0. The van der Waals surface area contributed by atoms with Crippen LogP contribution in [0.5, 0.6) is 0 Å². The van der Waals surface area contributed by atoms with E-state index in [-0.39, 0.29) is 6.04 Å². The minimum Gasteiger partial charge on any atom is -0.544 e. The monoisotopic (exact) mass is 243 g/mol. The Balaban J connectivity index is 3.67. The lowest BCUT2D eigenvalue weighted by atomic mass is 10.0. The van der Waals surface area contributed by atoms with Gasteiger partial charge in [-0.3, -0.25) is 0 Å². The molecule has 0 radical (unpaired) electrons. The van der Waals surface area contributed by atoms with Crippen LogP contribution in [0.1, 0.15) is 58.3 Å². The molecule has 0 aliphatic heterocycles. The summed E-state index contributed by atoms with van der Waals surface area (Å²) >= 11 is 0. The Labute approximate surface area is 106 Å². The smallest absolute Gasteiger partial charge is 0.129 e. The summed E-state index contributed by atoms with van der Waals surface area (Å²) in [5, 5.41) is 11.0. The van der Waals surface area contributed by atoms with Gasteiger partial charge < -0.3 is 14.4 Å². The van der Waals surface area contributed by atoms with E-state index in [4.69, 9.17) is 0 Å². The second-order valence-corrected chi connectivity index (χ2v) is 5.86. The van der Waals surface area contributed by atoms with Crippen LogP contribution in [0.2, 0.25) is 0 Å². The Hall–Kier alpha value is -0.570. The maximum atomic E-state index is 11.0. The molecule has 3 nitrogen and oxygen atoms in total. The van der Waals surface area contributed by atoms with Crippen molar-refractivity contribution in [3.63, 3.8) is 0 Å². The number of carbonyl (C=O) groups excluding carboxylic acids is 1. The van der Waals surface area contributed by atoms with Crippen LogP contribution in [0.15, 0.2) is 0 Å². The highest BCUT2D eigenvalue weighted by atomic mass is 16.4. The Morgan fingerprint density at radius 3 is 1.88 bits per heavy atom. The standard InChI is InChI=1S/C14H29NO2/c1-5-6-7-8-9-10-11-12-13(14(16)17)15(2,3)4/h13H,5-12H2,1-4H3. The van der Waals surface area contributed by atoms with Gasteiger partial charge in [-0.15, -0.1) is 0 Å². The van der Waals surface area contributed by atoms with Crippen LogP contribution in [-0.2, 0) is 4.79 Å². The van der Waals surface area contributed by atoms with Crippen molar-refractivity contribution in [2.24, 2.45) is 0 Å². The van der Waals surface area contributed by atoms with E-state index >= 15 is 0 Å². The molecule has 0 aromatic carbocycles. The molecule has 17 heavy (non-hydrogen) atoms. The van der Waals surface area contributed by atoms with Crippen molar-refractivity contribution >= 4 is 5.97 Å². The molecule has 0 bridgehead atoms. The van der Waals surface area contributed by atoms with Gasteiger partial charge in [0.15, 0.2) is 0 Å². The summed E-state index contributed by atoms with van der Waals surface area (Å²) < 4.78 is 0.457. The van der Waals surface area contributed by atoms with Crippen molar-refractivity contribution < 1.29 is 14.4 Å². The number of aliphatic carboxylic acids is 1. The molecule has 0 fully saturated rings. The quantitative estimate of drug-likeness (QED) is 0.434. The molecule has 0 rings (SSSR count). The lowest BCUT2D eigenvalue weighted by Crippen LogP contribution is -2.54. The van der Waals surface area contributed by atoms with Crippen LogP contribution in [0, 0.1) is 0 Å². The largest absolute Gasteiger partial charge is 0.544 e. The van der Waals surface area contributed by atoms with E-state index in [1.807, 2.05) is 21.1 Å². The first-order valence-corrected chi connectivity index (χ1v) is 6.91. The average molecular weight is 243 g/mol. The van der Waals surface area contributed by atoms with Gasteiger partial charge in [-0.05, 0) is 6.42 Å². The lowest BCUT2D eigenvalue weighted by molar-refractivity contribution is -0.889. The van der Waals surface area contributed by atoms with Crippen LogP contribution in [-0.4, -0.2) is 37.6 Å². The number of carboxylic acids is 1. The molecule has 0 aromatic heterocycles. The molecule has 0 aliphatic carbocycles. The Morgan fingerprint density at radius 1 is 1.00 bits per heavy atom. The first-order valence-electron chi connectivity index (χ1n) is 6.91. The van der Waals surface area contributed by atoms with Gasteiger partial charge in [-0.1, -0.05) is 45.4 Å². The molecule has 1 atom stereocenters. The highest BCUT2D eigenvalue weighted by Crippen LogP contribution is 2.14. The van der Waals surface area contributed by atoms with Gasteiger partial charge in [0.2, 0.25) is 0 Å². The second kappa shape index (κ2) is 8.51. The highest BCUT2D eigenvalue weighted by Gasteiger charge is 2.24. The molecule has 0 aliphatic rings. The first kappa shape index (κ1) is 16.4. The van der Waals surface area contributed by atoms with Crippen molar-refractivity contribution in [1.82, 2.24) is 0 Å². The summed E-state index contributed by atoms with van der Waals surface area (Å²) in [6.07, 6.45) is 9.31. The number of hydrogen-bond donors (Lipinski definition) is 0. The fourth-order valence-corrected chi connectivity index (χ4v) is 2.12. The van der Waals surface area contributed by atoms with Gasteiger partial charge in [-0.2, -0.15) is 0 Å².